The Kier molecular flexibility index (Phi) is 6.14. The number of rotatable bonds is 7. The highest BCUT2D eigenvalue weighted by molar-refractivity contribution is 5.92. The highest BCUT2D eigenvalue weighted by Gasteiger charge is 2.06. The number of hydrogen-bond acceptors (Lipinski definition) is 4. The molecule has 0 bridgehead atoms. The molecule has 0 atom stereocenters. The summed E-state index contributed by atoms with van der Waals surface area (Å²) in [4.78, 5) is 15.8. The van der Waals surface area contributed by atoms with Crippen LogP contribution in [0.1, 0.15) is 43.6 Å². The van der Waals surface area contributed by atoms with Gasteiger partial charge in [-0.05, 0) is 24.5 Å². The molecule has 1 aromatic heterocycles. The van der Waals surface area contributed by atoms with Crippen molar-refractivity contribution in [3.05, 3.63) is 23.9 Å². The van der Waals surface area contributed by atoms with E-state index in [0.29, 0.717) is 18.1 Å². The zero-order valence-electron chi connectivity index (χ0n) is 11.1. The number of unbranched alkanes of at least 4 members (excludes halogenated alkanes) is 1. The molecule has 1 amide bonds. The Labute approximate surface area is 108 Å². The number of aromatic nitrogens is 1. The summed E-state index contributed by atoms with van der Waals surface area (Å²) < 4.78 is 0. The van der Waals surface area contributed by atoms with E-state index in [9.17, 15) is 4.79 Å². The molecule has 0 unspecified atom stereocenters. The average Bonchev–Trinajstić information content (AvgIpc) is 2.37. The van der Waals surface area contributed by atoms with E-state index in [1.54, 1.807) is 18.2 Å². The molecule has 0 aliphatic heterocycles. The van der Waals surface area contributed by atoms with Crippen LogP contribution in [-0.4, -0.2) is 17.4 Å². The maximum Gasteiger partial charge on any atom is 0.269 e. The third-order valence-electron chi connectivity index (χ3n) is 2.62. The van der Waals surface area contributed by atoms with Crippen molar-refractivity contribution in [3.63, 3.8) is 0 Å². The molecule has 5 nitrogen and oxygen atoms in total. The molecule has 0 saturated heterocycles. The van der Waals surface area contributed by atoms with Crippen LogP contribution in [0.25, 0.3) is 0 Å². The largest absolute Gasteiger partial charge is 0.351 e. The van der Waals surface area contributed by atoms with Crippen LogP contribution < -0.4 is 16.6 Å². The van der Waals surface area contributed by atoms with Crippen molar-refractivity contribution >= 4 is 11.7 Å². The van der Waals surface area contributed by atoms with Gasteiger partial charge in [0, 0.05) is 6.54 Å². The SMILES string of the molecule is CC(C)CCCCNC(=O)c1cccc(NN)n1. The predicted octanol–water partition coefficient (Wildman–Crippen LogP) is 1.92. The third-order valence-corrected chi connectivity index (χ3v) is 2.62. The summed E-state index contributed by atoms with van der Waals surface area (Å²) in [6.07, 6.45) is 3.33. The molecular formula is C13H22N4O. The first-order valence-electron chi connectivity index (χ1n) is 6.35. The molecule has 18 heavy (non-hydrogen) atoms. The number of nitrogens with zero attached hydrogens (tertiary/aromatic N) is 1. The minimum atomic E-state index is -0.156. The average molecular weight is 250 g/mol. The fourth-order valence-corrected chi connectivity index (χ4v) is 1.61. The number of carbonyl (C=O) groups is 1. The lowest BCUT2D eigenvalue weighted by Crippen LogP contribution is -2.25. The minimum Gasteiger partial charge on any atom is -0.351 e. The summed E-state index contributed by atoms with van der Waals surface area (Å²) >= 11 is 0. The van der Waals surface area contributed by atoms with Crippen molar-refractivity contribution in [3.8, 4) is 0 Å². The lowest BCUT2D eigenvalue weighted by Gasteiger charge is -2.07. The van der Waals surface area contributed by atoms with E-state index in [0.717, 1.165) is 18.8 Å². The lowest BCUT2D eigenvalue weighted by atomic mass is 10.1. The molecule has 0 fully saturated rings. The fraction of sp³-hybridized carbons (Fsp3) is 0.538. The Morgan fingerprint density at radius 3 is 2.83 bits per heavy atom. The quantitative estimate of drug-likeness (QED) is 0.392. The van der Waals surface area contributed by atoms with Crippen molar-refractivity contribution < 1.29 is 4.79 Å². The van der Waals surface area contributed by atoms with Gasteiger partial charge in [-0.25, -0.2) is 10.8 Å². The highest BCUT2D eigenvalue weighted by atomic mass is 16.1. The van der Waals surface area contributed by atoms with E-state index in [1.807, 2.05) is 0 Å². The summed E-state index contributed by atoms with van der Waals surface area (Å²) in [5.74, 6) is 6.29. The van der Waals surface area contributed by atoms with Gasteiger partial charge in [-0.3, -0.25) is 4.79 Å². The van der Waals surface area contributed by atoms with Gasteiger partial charge in [0.15, 0.2) is 0 Å². The summed E-state index contributed by atoms with van der Waals surface area (Å²) in [6, 6.07) is 5.12. The number of amides is 1. The van der Waals surface area contributed by atoms with Crippen LogP contribution in [0.4, 0.5) is 5.82 Å². The molecule has 0 aromatic carbocycles. The number of nitrogens with two attached hydrogens (primary N) is 1. The molecule has 0 radical (unpaired) electrons. The highest BCUT2D eigenvalue weighted by Crippen LogP contribution is 2.06. The van der Waals surface area contributed by atoms with E-state index in [-0.39, 0.29) is 5.91 Å². The first-order chi connectivity index (χ1) is 8.63. The molecule has 1 rings (SSSR count). The Hall–Kier alpha value is -1.62. The molecular weight excluding hydrogens is 228 g/mol. The van der Waals surface area contributed by atoms with Gasteiger partial charge < -0.3 is 10.7 Å². The van der Waals surface area contributed by atoms with Gasteiger partial charge >= 0.3 is 0 Å². The summed E-state index contributed by atoms with van der Waals surface area (Å²) in [7, 11) is 0. The summed E-state index contributed by atoms with van der Waals surface area (Å²) in [6.45, 7) is 5.09. The van der Waals surface area contributed by atoms with Crippen LogP contribution in [0.5, 0.6) is 0 Å². The maximum absolute atomic E-state index is 11.8. The van der Waals surface area contributed by atoms with E-state index < -0.39 is 0 Å². The van der Waals surface area contributed by atoms with Crippen LogP contribution in [0.3, 0.4) is 0 Å². The molecule has 4 N–H and O–H groups in total. The number of nitrogens with one attached hydrogen (secondary N) is 2. The van der Waals surface area contributed by atoms with E-state index in [1.165, 1.54) is 6.42 Å². The zero-order valence-corrected chi connectivity index (χ0v) is 11.1. The second kappa shape index (κ2) is 7.66. The first kappa shape index (κ1) is 14.4. The molecule has 1 aromatic rings. The topological polar surface area (TPSA) is 80.0 Å². The number of pyridine rings is 1. The van der Waals surface area contributed by atoms with Gasteiger partial charge in [-0.2, -0.15) is 0 Å². The molecule has 0 aliphatic carbocycles. The summed E-state index contributed by atoms with van der Waals surface area (Å²) in [5, 5.41) is 2.85. The number of hydrogen-bond donors (Lipinski definition) is 3. The number of nitrogen functional groups attached to an aromatic ring is 1. The van der Waals surface area contributed by atoms with Crippen molar-refractivity contribution in [1.82, 2.24) is 10.3 Å². The van der Waals surface area contributed by atoms with E-state index in [2.05, 4.69) is 29.6 Å². The predicted molar refractivity (Wildman–Crippen MR) is 73.1 cm³/mol. The van der Waals surface area contributed by atoms with Gasteiger partial charge in [0.25, 0.3) is 5.91 Å². The fourth-order valence-electron chi connectivity index (χ4n) is 1.61. The van der Waals surface area contributed by atoms with Crippen molar-refractivity contribution in [2.24, 2.45) is 11.8 Å². The Morgan fingerprint density at radius 1 is 1.39 bits per heavy atom. The number of carbonyl (C=O) groups excluding carboxylic acids is 1. The smallest absolute Gasteiger partial charge is 0.269 e. The number of anilines is 1. The lowest BCUT2D eigenvalue weighted by molar-refractivity contribution is 0.0948. The standard InChI is InChI=1S/C13H22N4O/c1-10(2)6-3-4-9-15-13(18)11-7-5-8-12(16-11)17-14/h5,7-8,10H,3-4,6,9,14H2,1-2H3,(H,15,18)(H,16,17). The van der Waals surface area contributed by atoms with Gasteiger partial charge in [-0.15, -0.1) is 0 Å². The number of hydrazine groups is 1. The van der Waals surface area contributed by atoms with Gasteiger partial charge in [0.2, 0.25) is 0 Å². The van der Waals surface area contributed by atoms with Crippen molar-refractivity contribution in [2.45, 2.75) is 33.1 Å². The summed E-state index contributed by atoms with van der Waals surface area (Å²) in [5.41, 5.74) is 2.80. The van der Waals surface area contributed by atoms with Crippen LogP contribution in [0, 0.1) is 5.92 Å². The van der Waals surface area contributed by atoms with Crippen molar-refractivity contribution in [1.29, 1.82) is 0 Å². The zero-order chi connectivity index (χ0) is 13.4. The van der Waals surface area contributed by atoms with Crippen LogP contribution >= 0.6 is 0 Å². The van der Waals surface area contributed by atoms with E-state index >= 15 is 0 Å². The molecule has 0 spiro atoms. The van der Waals surface area contributed by atoms with Crippen molar-refractivity contribution in [2.75, 3.05) is 12.0 Å². The van der Waals surface area contributed by atoms with Crippen LogP contribution in [0.2, 0.25) is 0 Å². The van der Waals surface area contributed by atoms with Gasteiger partial charge in [-0.1, -0.05) is 32.8 Å². The molecule has 100 valence electrons. The second-order valence-electron chi connectivity index (χ2n) is 4.70. The Morgan fingerprint density at radius 2 is 2.17 bits per heavy atom. The molecule has 0 aliphatic rings. The Balaban J connectivity index is 2.31. The van der Waals surface area contributed by atoms with Gasteiger partial charge in [0.1, 0.15) is 11.5 Å². The Bertz CT molecular complexity index is 379. The second-order valence-corrected chi connectivity index (χ2v) is 4.70. The maximum atomic E-state index is 11.8. The minimum absolute atomic E-state index is 0.156. The van der Waals surface area contributed by atoms with Crippen LogP contribution in [0.15, 0.2) is 18.2 Å². The molecule has 0 saturated carbocycles. The third kappa shape index (κ3) is 5.14. The normalized spacial score (nSPS) is 10.4. The van der Waals surface area contributed by atoms with E-state index in [4.69, 9.17) is 5.84 Å². The first-order valence-corrected chi connectivity index (χ1v) is 6.35. The van der Waals surface area contributed by atoms with Crippen LogP contribution in [-0.2, 0) is 0 Å². The monoisotopic (exact) mass is 250 g/mol. The molecule has 5 heteroatoms. The molecule has 1 heterocycles. The van der Waals surface area contributed by atoms with Gasteiger partial charge in [0.05, 0.1) is 0 Å².